The molecule has 1 aromatic heterocycles. The van der Waals surface area contributed by atoms with Crippen molar-refractivity contribution >= 4 is 25.2 Å². The van der Waals surface area contributed by atoms with Crippen LogP contribution in [0.3, 0.4) is 0 Å². The first kappa shape index (κ1) is 35.4. The van der Waals surface area contributed by atoms with Gasteiger partial charge in [0.15, 0.2) is 0 Å². The first-order valence-electron chi connectivity index (χ1n) is 17.6. The largest absolute Gasteiger partial charge is 0.383 e. The average Bonchev–Trinajstić information content (AvgIpc) is 3.02. The van der Waals surface area contributed by atoms with E-state index in [4.69, 9.17) is 19.8 Å². The highest BCUT2D eigenvalue weighted by atomic mass is 31.2. The Morgan fingerprint density at radius 3 is 2.34 bits per heavy atom. The summed E-state index contributed by atoms with van der Waals surface area (Å²) in [6.07, 6.45) is 13.7. The van der Waals surface area contributed by atoms with Crippen LogP contribution in [-0.2, 0) is 13.6 Å². The van der Waals surface area contributed by atoms with E-state index in [0.29, 0.717) is 43.6 Å². The second kappa shape index (κ2) is 18.6. The van der Waals surface area contributed by atoms with E-state index < -0.39 is 7.60 Å². The third kappa shape index (κ3) is 11.7. The lowest BCUT2D eigenvalue weighted by Gasteiger charge is -2.40. The first-order valence-corrected chi connectivity index (χ1v) is 19.3. The Labute approximate surface area is 266 Å². The summed E-state index contributed by atoms with van der Waals surface area (Å²) in [4.78, 5) is 14.0. The number of hydrogen-bond acceptors (Lipinski definition) is 11. The fraction of sp³-hybridized carbons (Fsp3) is 0.875. The molecule has 12 heteroatoms. The van der Waals surface area contributed by atoms with Crippen LogP contribution in [0.4, 0.5) is 17.6 Å². The van der Waals surface area contributed by atoms with Gasteiger partial charge < -0.3 is 35.6 Å². The van der Waals surface area contributed by atoms with Crippen molar-refractivity contribution in [1.82, 2.24) is 25.5 Å². The summed E-state index contributed by atoms with van der Waals surface area (Å²) < 4.78 is 23.9. The molecule has 0 amide bonds. The number of hydrogen-bond donors (Lipinski definition) is 4. The highest BCUT2D eigenvalue weighted by Gasteiger charge is 2.30. The summed E-state index contributed by atoms with van der Waals surface area (Å²) in [7, 11) is -3.04. The fourth-order valence-corrected chi connectivity index (χ4v) is 8.67. The number of nitrogens with two attached hydrogens (primary N) is 1. The second-order valence-corrected chi connectivity index (χ2v) is 15.3. The molecular weight excluding hydrogens is 575 g/mol. The molecule has 2 saturated carbocycles. The Bertz CT molecular complexity index is 996. The lowest BCUT2D eigenvalue weighted by Crippen LogP contribution is -2.52. The molecule has 0 radical (unpaired) electrons. The van der Waals surface area contributed by atoms with Gasteiger partial charge in [0.25, 0.3) is 0 Å². The van der Waals surface area contributed by atoms with Crippen molar-refractivity contribution < 1.29 is 13.6 Å². The molecule has 1 aliphatic heterocycles. The molecule has 1 atom stereocenters. The van der Waals surface area contributed by atoms with Crippen molar-refractivity contribution in [2.24, 2.45) is 11.8 Å². The van der Waals surface area contributed by atoms with E-state index in [0.717, 1.165) is 63.6 Å². The number of anilines is 3. The van der Waals surface area contributed by atoms with E-state index in [1.807, 2.05) is 19.9 Å². The van der Waals surface area contributed by atoms with Gasteiger partial charge >= 0.3 is 7.60 Å². The minimum atomic E-state index is -3.04. The van der Waals surface area contributed by atoms with Gasteiger partial charge in [-0.1, -0.05) is 19.3 Å². The van der Waals surface area contributed by atoms with E-state index in [-0.39, 0.29) is 6.04 Å². The highest BCUT2D eigenvalue weighted by molar-refractivity contribution is 7.53. The molecule has 1 saturated heterocycles. The minimum absolute atomic E-state index is 0.274. The normalized spacial score (nSPS) is 24.1. The predicted octanol–water partition coefficient (Wildman–Crippen LogP) is 4.96. The van der Waals surface area contributed by atoms with E-state index in [1.165, 1.54) is 64.2 Å². The zero-order chi connectivity index (χ0) is 31.2. The fourth-order valence-electron chi connectivity index (χ4n) is 7.05. The summed E-state index contributed by atoms with van der Waals surface area (Å²) >= 11 is 0. The molecule has 11 nitrogen and oxygen atoms in total. The van der Waals surface area contributed by atoms with Gasteiger partial charge in [0.05, 0.1) is 19.4 Å². The summed E-state index contributed by atoms with van der Waals surface area (Å²) in [5.41, 5.74) is 6.22. The van der Waals surface area contributed by atoms with Crippen molar-refractivity contribution in [1.29, 1.82) is 0 Å². The van der Waals surface area contributed by atoms with Crippen LogP contribution in [0.5, 0.6) is 0 Å². The summed E-state index contributed by atoms with van der Waals surface area (Å²) in [5, 5.41) is 11.0. The summed E-state index contributed by atoms with van der Waals surface area (Å²) in [5.74, 6) is 3.41. The van der Waals surface area contributed by atoms with Gasteiger partial charge in [-0.15, -0.1) is 0 Å². The SMILES string of the molecule is CCOP(=O)(CCN1CCN(c2cc(N)nc(NC[C@H]3CC[C@H](CNCCCNC4CCCCC4)CC3)n2)C[C@@H]1C)OCC. The van der Waals surface area contributed by atoms with E-state index >= 15 is 0 Å². The molecule has 0 aromatic carbocycles. The van der Waals surface area contributed by atoms with Gasteiger partial charge in [0, 0.05) is 50.9 Å². The van der Waals surface area contributed by atoms with Crippen molar-refractivity contribution in [2.45, 2.75) is 97.1 Å². The number of rotatable bonds is 18. The van der Waals surface area contributed by atoms with Crippen molar-refractivity contribution in [3.63, 3.8) is 0 Å². The number of aromatic nitrogens is 2. The van der Waals surface area contributed by atoms with Gasteiger partial charge in [-0.05, 0) is 97.2 Å². The zero-order valence-electron chi connectivity index (χ0n) is 27.8. The Morgan fingerprint density at radius 2 is 1.66 bits per heavy atom. The molecule has 5 N–H and O–H groups in total. The van der Waals surface area contributed by atoms with Crippen molar-refractivity contribution in [2.75, 3.05) is 87.7 Å². The van der Waals surface area contributed by atoms with Gasteiger partial charge in [-0.25, -0.2) is 0 Å². The van der Waals surface area contributed by atoms with Gasteiger partial charge in [-0.2, -0.15) is 9.97 Å². The number of nitrogens with zero attached hydrogens (tertiary/aromatic N) is 4. The lowest BCUT2D eigenvalue weighted by atomic mass is 9.82. The molecular formula is C32H61N8O3P. The lowest BCUT2D eigenvalue weighted by molar-refractivity contribution is 0.184. The topological polar surface area (TPSA) is 130 Å². The Kier molecular flexibility index (Phi) is 15.0. The van der Waals surface area contributed by atoms with Crippen LogP contribution >= 0.6 is 7.60 Å². The maximum absolute atomic E-state index is 12.9. The molecule has 0 unspecified atom stereocenters. The van der Waals surface area contributed by atoms with Gasteiger partial charge in [0.1, 0.15) is 11.6 Å². The number of nitrogen functional groups attached to an aromatic ring is 1. The quantitative estimate of drug-likeness (QED) is 0.129. The van der Waals surface area contributed by atoms with E-state index in [1.54, 1.807) is 0 Å². The van der Waals surface area contributed by atoms with E-state index in [9.17, 15) is 4.57 Å². The maximum atomic E-state index is 12.9. The van der Waals surface area contributed by atoms with E-state index in [2.05, 4.69) is 37.7 Å². The molecule has 2 heterocycles. The minimum Gasteiger partial charge on any atom is -0.383 e. The monoisotopic (exact) mass is 636 g/mol. The van der Waals surface area contributed by atoms with Crippen LogP contribution in [0.2, 0.25) is 0 Å². The van der Waals surface area contributed by atoms with Gasteiger partial charge in [-0.3, -0.25) is 9.46 Å². The highest BCUT2D eigenvalue weighted by Crippen LogP contribution is 2.47. The van der Waals surface area contributed by atoms with Crippen LogP contribution in [0.25, 0.3) is 0 Å². The van der Waals surface area contributed by atoms with Crippen LogP contribution in [0.15, 0.2) is 6.07 Å². The molecule has 252 valence electrons. The molecule has 3 aliphatic rings. The van der Waals surface area contributed by atoms with Crippen LogP contribution in [0, 0.1) is 11.8 Å². The molecule has 0 spiro atoms. The molecule has 1 aromatic rings. The first-order chi connectivity index (χ1) is 21.4. The molecule has 3 fully saturated rings. The molecule has 4 rings (SSSR count). The third-order valence-electron chi connectivity index (χ3n) is 9.65. The molecule has 44 heavy (non-hydrogen) atoms. The summed E-state index contributed by atoms with van der Waals surface area (Å²) in [6, 6.07) is 2.91. The predicted molar refractivity (Wildman–Crippen MR) is 182 cm³/mol. The van der Waals surface area contributed by atoms with Crippen molar-refractivity contribution in [3.05, 3.63) is 6.07 Å². The standard InChI is InChI=1S/C32H61N8O3P/c1-4-42-44(41,43-5-2)21-20-39-18-19-40(25-26(39)3)31-22-30(33)37-32(38-31)36-24-28-14-12-27(13-15-28)23-34-16-9-17-35-29-10-7-6-8-11-29/h22,26-29,34-35H,4-21,23-25H2,1-3H3,(H3,33,36,37,38)/t26-,27-,28-/m0/s1. The number of nitrogens with one attached hydrogen (secondary N) is 3. The summed E-state index contributed by atoms with van der Waals surface area (Å²) in [6.45, 7) is 14.2. The van der Waals surface area contributed by atoms with Crippen molar-refractivity contribution in [3.8, 4) is 0 Å². The smallest absolute Gasteiger partial charge is 0.331 e. The van der Waals surface area contributed by atoms with Crippen LogP contribution < -0.4 is 26.6 Å². The second-order valence-electron chi connectivity index (χ2n) is 13.1. The Balaban J connectivity index is 1.13. The maximum Gasteiger partial charge on any atom is 0.331 e. The van der Waals surface area contributed by atoms with Crippen LogP contribution in [0.1, 0.15) is 85.0 Å². The Morgan fingerprint density at radius 1 is 0.955 bits per heavy atom. The molecule has 0 bridgehead atoms. The Hall–Kier alpha value is -1.49. The third-order valence-corrected chi connectivity index (χ3v) is 11.7. The number of piperazine rings is 1. The molecule has 2 aliphatic carbocycles. The average molecular weight is 637 g/mol. The zero-order valence-corrected chi connectivity index (χ0v) is 28.7. The van der Waals surface area contributed by atoms with Crippen LogP contribution in [-0.4, -0.2) is 98.7 Å². The van der Waals surface area contributed by atoms with Gasteiger partial charge in [0.2, 0.25) is 5.95 Å².